The van der Waals surface area contributed by atoms with Crippen LogP contribution in [0.2, 0.25) is 0 Å². The van der Waals surface area contributed by atoms with E-state index in [0.29, 0.717) is 47.8 Å². The maximum absolute atomic E-state index is 11.7. The molecule has 162 valence electrons. The van der Waals surface area contributed by atoms with Gasteiger partial charge in [-0.15, -0.1) is 0 Å². The minimum absolute atomic E-state index is 0.181. The van der Waals surface area contributed by atoms with Crippen LogP contribution in [-0.4, -0.2) is 47.7 Å². The minimum Gasteiger partial charge on any atom is -0.476 e. The zero-order chi connectivity index (χ0) is 21.6. The van der Waals surface area contributed by atoms with E-state index < -0.39 is 9.84 Å². The Balaban J connectivity index is 1.45. The van der Waals surface area contributed by atoms with Crippen LogP contribution in [0.5, 0.6) is 5.88 Å². The fraction of sp³-hybridized carbons (Fsp3) is 0.333. The van der Waals surface area contributed by atoms with Gasteiger partial charge in [0.05, 0.1) is 24.3 Å². The molecule has 1 fully saturated rings. The number of nitrogens with two attached hydrogens (primary N) is 1. The van der Waals surface area contributed by atoms with E-state index in [2.05, 4.69) is 44.6 Å². The summed E-state index contributed by atoms with van der Waals surface area (Å²) in [7, 11) is -2.90. The number of halogens is 1. The van der Waals surface area contributed by atoms with Crippen molar-refractivity contribution in [3.63, 3.8) is 0 Å². The van der Waals surface area contributed by atoms with E-state index in [9.17, 15) is 8.42 Å². The molecule has 0 saturated carbocycles. The summed E-state index contributed by atoms with van der Waals surface area (Å²) in [6.45, 7) is 1.06. The lowest BCUT2D eigenvalue weighted by Crippen LogP contribution is -2.27. The second-order valence-electron chi connectivity index (χ2n) is 7.93. The molecule has 2 aliphatic rings. The van der Waals surface area contributed by atoms with Gasteiger partial charge in [0, 0.05) is 17.8 Å². The SMILES string of the molecule is Nc1c(Br)c(OCC2CCS(=O)(=O)CC2)nc2c(C3=Cc4ccccc4NC3)cnn12. The minimum atomic E-state index is -2.90. The molecular formula is C21H22BrN5O3S. The Morgan fingerprint density at radius 1 is 1.26 bits per heavy atom. The number of hydrogen-bond acceptors (Lipinski definition) is 7. The van der Waals surface area contributed by atoms with E-state index >= 15 is 0 Å². The van der Waals surface area contributed by atoms with Crippen LogP contribution in [0.4, 0.5) is 11.5 Å². The lowest BCUT2D eigenvalue weighted by atomic mass is 10.0. The molecule has 8 nitrogen and oxygen atoms in total. The van der Waals surface area contributed by atoms with Crippen molar-refractivity contribution in [2.45, 2.75) is 12.8 Å². The van der Waals surface area contributed by atoms with E-state index in [0.717, 1.165) is 22.4 Å². The molecule has 0 amide bonds. The average molecular weight is 504 g/mol. The fourth-order valence-corrected chi connectivity index (χ4v) is 5.94. The van der Waals surface area contributed by atoms with Crippen molar-refractivity contribution in [3.8, 4) is 5.88 Å². The Morgan fingerprint density at radius 2 is 2.03 bits per heavy atom. The predicted molar refractivity (Wildman–Crippen MR) is 125 cm³/mol. The van der Waals surface area contributed by atoms with Gasteiger partial charge in [0.2, 0.25) is 5.88 Å². The van der Waals surface area contributed by atoms with Crippen molar-refractivity contribution in [1.29, 1.82) is 0 Å². The summed E-state index contributed by atoms with van der Waals surface area (Å²) in [6, 6.07) is 8.12. The van der Waals surface area contributed by atoms with E-state index in [1.54, 1.807) is 10.7 Å². The first kappa shape index (κ1) is 20.3. The van der Waals surface area contributed by atoms with Crippen LogP contribution >= 0.6 is 15.9 Å². The average Bonchev–Trinajstić information content (AvgIpc) is 3.19. The molecule has 0 aliphatic carbocycles. The highest BCUT2D eigenvalue weighted by atomic mass is 79.9. The Kier molecular flexibility index (Phi) is 5.13. The van der Waals surface area contributed by atoms with E-state index in [-0.39, 0.29) is 17.4 Å². The molecule has 3 aromatic rings. The molecule has 0 bridgehead atoms. The number of nitrogen functional groups attached to an aromatic ring is 1. The van der Waals surface area contributed by atoms with Crippen molar-refractivity contribution in [3.05, 3.63) is 46.1 Å². The van der Waals surface area contributed by atoms with E-state index in [1.165, 1.54) is 0 Å². The highest BCUT2D eigenvalue weighted by molar-refractivity contribution is 9.10. The van der Waals surface area contributed by atoms with Gasteiger partial charge in [-0.3, -0.25) is 0 Å². The van der Waals surface area contributed by atoms with Gasteiger partial charge < -0.3 is 15.8 Å². The standard InChI is InChI=1S/C21H22BrN5O3S/c22-18-19(23)27-20(26-21(18)30-12-13-5-7-31(28,29)8-6-13)16(11-25-27)15-9-14-3-1-2-4-17(14)24-10-15/h1-4,9,11,13,24H,5-8,10,12,23H2. The quantitative estimate of drug-likeness (QED) is 0.561. The van der Waals surface area contributed by atoms with Gasteiger partial charge in [0.25, 0.3) is 0 Å². The first-order valence-corrected chi connectivity index (χ1v) is 12.7. The molecule has 1 saturated heterocycles. The number of ether oxygens (including phenoxy) is 1. The molecule has 10 heteroatoms. The molecule has 2 aromatic heterocycles. The van der Waals surface area contributed by atoms with Crippen molar-refractivity contribution in [2.24, 2.45) is 5.92 Å². The smallest absolute Gasteiger partial charge is 0.233 e. The lowest BCUT2D eigenvalue weighted by molar-refractivity contribution is 0.229. The summed E-state index contributed by atoms with van der Waals surface area (Å²) in [5.74, 6) is 1.41. The molecule has 0 unspecified atom stereocenters. The summed E-state index contributed by atoms with van der Waals surface area (Å²) < 4.78 is 31.4. The molecule has 0 radical (unpaired) electrons. The first-order valence-electron chi connectivity index (χ1n) is 10.1. The van der Waals surface area contributed by atoms with Crippen LogP contribution < -0.4 is 15.8 Å². The third kappa shape index (κ3) is 3.89. The summed E-state index contributed by atoms with van der Waals surface area (Å²) in [4.78, 5) is 4.70. The summed E-state index contributed by atoms with van der Waals surface area (Å²) in [5, 5.41) is 7.85. The third-order valence-corrected chi connectivity index (χ3v) is 8.29. The predicted octanol–water partition coefficient (Wildman–Crippen LogP) is 3.24. The van der Waals surface area contributed by atoms with Gasteiger partial charge in [-0.1, -0.05) is 18.2 Å². The first-order chi connectivity index (χ1) is 14.9. The molecule has 4 heterocycles. The zero-order valence-electron chi connectivity index (χ0n) is 16.7. The van der Waals surface area contributed by atoms with Gasteiger partial charge >= 0.3 is 0 Å². The molecule has 5 rings (SSSR count). The monoisotopic (exact) mass is 503 g/mol. The number of nitrogens with zero attached hydrogens (tertiary/aromatic N) is 3. The van der Waals surface area contributed by atoms with E-state index in [4.69, 9.17) is 15.5 Å². The molecule has 3 N–H and O–H groups in total. The second kappa shape index (κ2) is 7.83. The number of benzene rings is 1. The number of hydrogen-bond donors (Lipinski definition) is 2. The van der Waals surface area contributed by atoms with Gasteiger partial charge in [-0.2, -0.15) is 14.6 Å². The van der Waals surface area contributed by atoms with Gasteiger partial charge in [0.1, 0.15) is 20.1 Å². The molecule has 0 spiro atoms. The van der Waals surface area contributed by atoms with E-state index in [1.807, 2.05) is 12.1 Å². The zero-order valence-corrected chi connectivity index (χ0v) is 19.1. The Bertz CT molecular complexity index is 1290. The Labute approximate surface area is 188 Å². The summed E-state index contributed by atoms with van der Waals surface area (Å²) in [5.41, 5.74) is 11.1. The number of sulfone groups is 1. The third-order valence-electron chi connectivity index (χ3n) is 5.83. The Hall–Kier alpha value is -2.59. The van der Waals surface area contributed by atoms with Crippen LogP contribution in [0.1, 0.15) is 24.0 Å². The van der Waals surface area contributed by atoms with Crippen LogP contribution in [0.15, 0.2) is 34.9 Å². The largest absolute Gasteiger partial charge is 0.476 e. The van der Waals surface area contributed by atoms with Gasteiger partial charge in [-0.25, -0.2) is 8.42 Å². The van der Waals surface area contributed by atoms with Crippen LogP contribution in [0.3, 0.4) is 0 Å². The number of rotatable bonds is 4. The molecule has 0 atom stereocenters. The van der Waals surface area contributed by atoms with Crippen molar-refractivity contribution in [2.75, 3.05) is 35.7 Å². The number of anilines is 2. The highest BCUT2D eigenvalue weighted by Crippen LogP contribution is 2.35. The maximum Gasteiger partial charge on any atom is 0.233 e. The number of para-hydroxylation sites is 1. The second-order valence-corrected chi connectivity index (χ2v) is 11.0. The van der Waals surface area contributed by atoms with Crippen molar-refractivity contribution >= 4 is 54.6 Å². The van der Waals surface area contributed by atoms with Crippen LogP contribution in [-0.2, 0) is 9.84 Å². The Morgan fingerprint density at radius 3 is 2.84 bits per heavy atom. The topological polar surface area (TPSA) is 112 Å². The van der Waals surface area contributed by atoms with Gasteiger partial charge in [-0.05, 0) is 58.0 Å². The maximum atomic E-state index is 11.7. The van der Waals surface area contributed by atoms with Crippen LogP contribution in [0, 0.1) is 5.92 Å². The summed E-state index contributed by atoms with van der Waals surface area (Å²) >= 11 is 3.47. The van der Waals surface area contributed by atoms with Crippen molar-refractivity contribution in [1.82, 2.24) is 14.6 Å². The summed E-state index contributed by atoms with van der Waals surface area (Å²) in [6.07, 6.45) is 5.11. The molecule has 31 heavy (non-hydrogen) atoms. The normalized spacial score (nSPS) is 18.3. The van der Waals surface area contributed by atoms with Crippen LogP contribution in [0.25, 0.3) is 17.3 Å². The molecule has 1 aromatic carbocycles. The molecular weight excluding hydrogens is 482 g/mol. The lowest BCUT2D eigenvalue weighted by Gasteiger charge is -2.22. The highest BCUT2D eigenvalue weighted by Gasteiger charge is 2.25. The molecule has 2 aliphatic heterocycles. The number of fused-ring (bicyclic) bond motifs is 2. The number of aromatic nitrogens is 3. The fourth-order valence-electron chi connectivity index (χ4n) is 3.98. The van der Waals surface area contributed by atoms with Gasteiger partial charge in [0.15, 0.2) is 5.65 Å². The number of nitrogens with one attached hydrogen (secondary N) is 1. The van der Waals surface area contributed by atoms with Crippen molar-refractivity contribution < 1.29 is 13.2 Å².